The maximum atomic E-state index is 14.9. The number of ether oxygens (including phenoxy) is 6. The topological polar surface area (TPSA) is 373 Å². The van der Waals surface area contributed by atoms with Crippen molar-refractivity contribution in [1.82, 2.24) is 35.2 Å². The smallest absolute Gasteiger partial charge is 0.407 e. The highest BCUT2D eigenvalue weighted by Crippen LogP contribution is 2.58. The molecule has 4 aromatic rings. The molecular weight excluding hydrogens is 1480 g/mol. The maximum Gasteiger partial charge on any atom is 0.407 e. The number of rotatable bonds is 15. The summed E-state index contributed by atoms with van der Waals surface area (Å²) < 4.78 is 88.6. The molecule has 4 aromatic carbocycles. The summed E-state index contributed by atoms with van der Waals surface area (Å²) in [6, 6.07) is 15.8. The zero-order chi connectivity index (χ0) is 80.7. The van der Waals surface area contributed by atoms with Crippen molar-refractivity contribution in [3.05, 3.63) is 82.9 Å². The van der Waals surface area contributed by atoms with E-state index in [1.165, 1.54) is 9.80 Å². The van der Waals surface area contributed by atoms with Crippen molar-refractivity contribution in [2.24, 2.45) is 51.1 Å². The molecular formula is C83H118N8O19S2. The van der Waals surface area contributed by atoms with Gasteiger partial charge in [0.2, 0.25) is 37.8 Å². The number of nitrogens with one attached hydrogen (secondary N) is 5. The van der Waals surface area contributed by atoms with Crippen molar-refractivity contribution < 1.29 is 88.7 Å². The number of amides is 7. The number of benzene rings is 4. The average molecular weight is 1600 g/mol. The fourth-order valence-electron chi connectivity index (χ4n) is 16.9. The van der Waals surface area contributed by atoms with Gasteiger partial charge in [0.1, 0.15) is 52.4 Å². The number of cyclic esters (lactones) is 2. The molecule has 8 N–H and O–H groups in total. The van der Waals surface area contributed by atoms with Gasteiger partial charge in [0.15, 0.2) is 0 Å². The second kappa shape index (κ2) is 31.4. The molecule has 0 radical (unpaired) electrons. The lowest BCUT2D eigenvalue weighted by atomic mass is 9.85. The molecule has 10 bridgehead atoms. The number of aryl methyl sites for hydroxylation is 2. The van der Waals surface area contributed by atoms with Crippen LogP contribution in [0.25, 0.3) is 21.5 Å². The number of sulfonamides is 2. The van der Waals surface area contributed by atoms with E-state index >= 15 is 0 Å². The molecule has 616 valence electrons. The van der Waals surface area contributed by atoms with E-state index in [4.69, 9.17) is 34.2 Å². The Balaban J connectivity index is 0.000000189. The standard InChI is InChI=1S/C41H56N4O9S.C31H42N2O7.C10H16N2O3S.CH4/c1-38(2,3)33-35(47)45-22-40(53-7,21-31(45)34(46)43-41(20-30(41)24-10-11-24)36(48)44-55(50,51)29-14-15-29)28-13-12-25-19-32(52-6)26(17-27(25)18-28)9-8-16-39(4,5)23-54-37(49)42-33;1-29(2,3)25-26(34)33-17-31(39-7,16-23(33)27(35)36)22-11-10-19-15-24(38-6)20(13-21(19)14-22)9-8-12-30(4,5)18-40-28(37)32-25;11-10(5-8(10)6-1-2-6)9(13)12-16(14,15)7-3-4-7;/h12-13,17-19,24,29-31,33H,8-11,14-16,20-23H2,1-7H3,(H,42,49)(H,43,46)(H,44,48);10-11,13-15,23,25H,8-9,12,16-18H2,1-7H3,(H,32,37)(H,35,36);6-8H,1-5,11H2,(H,12,13);1H4/t30-,31-,33+,40-,41+;23-,25+,31-;8-,10+;/m000./s1. The van der Waals surface area contributed by atoms with E-state index < -0.39 is 130 Å². The summed E-state index contributed by atoms with van der Waals surface area (Å²) in [7, 11) is -0.892. The monoisotopic (exact) mass is 1590 g/mol. The molecule has 7 amide bonds. The minimum absolute atomic E-state index is 0. The van der Waals surface area contributed by atoms with Crippen molar-refractivity contribution in [3.8, 4) is 11.5 Å². The number of carbonyl (C=O) groups is 8. The normalized spacial score (nSPS) is 29.4. The van der Waals surface area contributed by atoms with Gasteiger partial charge in [0.05, 0.1) is 56.6 Å². The van der Waals surface area contributed by atoms with E-state index in [1.807, 2.05) is 118 Å². The molecule has 0 aromatic heterocycles. The molecule has 10 aliphatic rings. The lowest BCUT2D eigenvalue weighted by molar-refractivity contribution is -0.150. The molecule has 0 unspecified atom stereocenters. The Morgan fingerprint density at radius 2 is 0.964 bits per heavy atom. The zero-order valence-electron chi connectivity index (χ0n) is 66.7. The van der Waals surface area contributed by atoms with Gasteiger partial charge in [-0.05, 0) is 228 Å². The van der Waals surface area contributed by atoms with Gasteiger partial charge in [-0.15, -0.1) is 0 Å². The van der Waals surface area contributed by atoms with Crippen LogP contribution in [0.1, 0.15) is 202 Å². The Bertz CT molecular complexity index is 4560. The highest BCUT2D eigenvalue weighted by molar-refractivity contribution is 7.91. The number of nitrogens with two attached hydrogens (primary N) is 1. The Hall–Kier alpha value is -7.86. The van der Waals surface area contributed by atoms with E-state index in [2.05, 4.69) is 37.5 Å². The largest absolute Gasteiger partial charge is 0.496 e. The van der Waals surface area contributed by atoms with Gasteiger partial charge in [-0.1, -0.05) is 101 Å². The predicted molar refractivity (Wildman–Crippen MR) is 421 cm³/mol. The number of nitrogens with zero attached hydrogens (tertiary/aromatic N) is 2. The Morgan fingerprint density at radius 1 is 0.554 bits per heavy atom. The minimum atomic E-state index is -3.87. The molecule has 14 rings (SSSR count). The van der Waals surface area contributed by atoms with E-state index in [1.54, 1.807) is 28.4 Å². The van der Waals surface area contributed by atoms with Gasteiger partial charge < -0.3 is 65.0 Å². The van der Waals surface area contributed by atoms with E-state index in [0.717, 1.165) is 120 Å². The second-order valence-electron chi connectivity index (χ2n) is 36.8. The molecule has 29 heteroatoms. The Kier molecular flexibility index (Phi) is 23.8. The maximum absolute atomic E-state index is 14.9. The molecule has 112 heavy (non-hydrogen) atoms. The summed E-state index contributed by atoms with van der Waals surface area (Å²) in [5.74, 6) is -1.55. The third-order valence-electron chi connectivity index (χ3n) is 24.7. The number of fused-ring (bicyclic) bond motifs is 10. The number of carbonyl (C=O) groups excluding carboxylic acids is 7. The van der Waals surface area contributed by atoms with E-state index in [9.17, 15) is 60.3 Å². The van der Waals surface area contributed by atoms with Crippen molar-refractivity contribution in [3.63, 3.8) is 0 Å². The summed E-state index contributed by atoms with van der Waals surface area (Å²) in [5.41, 5.74) is 2.96. The summed E-state index contributed by atoms with van der Waals surface area (Å²) in [6.45, 7) is 19.5. The molecule has 4 heterocycles. The number of hydrogen-bond acceptors (Lipinski definition) is 19. The molecule has 6 saturated carbocycles. The van der Waals surface area contributed by atoms with E-state index in [0.29, 0.717) is 44.4 Å². The van der Waals surface area contributed by atoms with Gasteiger partial charge in [-0.25, -0.2) is 31.2 Å². The third kappa shape index (κ3) is 18.3. The summed E-state index contributed by atoms with van der Waals surface area (Å²) in [5, 5.41) is 21.7. The Labute approximate surface area is 659 Å². The lowest BCUT2D eigenvalue weighted by Crippen LogP contribution is -2.60. The van der Waals surface area contributed by atoms with Crippen LogP contribution in [0.3, 0.4) is 0 Å². The molecule has 8 fully saturated rings. The lowest BCUT2D eigenvalue weighted by Gasteiger charge is -2.36. The van der Waals surface area contributed by atoms with Crippen LogP contribution in [0.15, 0.2) is 60.7 Å². The third-order valence-corrected chi connectivity index (χ3v) is 28.3. The first-order valence-electron chi connectivity index (χ1n) is 39.2. The van der Waals surface area contributed by atoms with Gasteiger partial charge in [-0.2, -0.15) is 0 Å². The predicted octanol–water partition coefficient (Wildman–Crippen LogP) is 9.93. The molecule has 0 spiro atoms. The number of aliphatic carboxylic acids is 1. The molecule has 27 nitrogen and oxygen atoms in total. The number of carboxylic acids is 1. The Morgan fingerprint density at radius 3 is 1.36 bits per heavy atom. The van der Waals surface area contributed by atoms with Crippen LogP contribution < -0.4 is 40.6 Å². The quantitative estimate of drug-likeness (QED) is 0.0581. The van der Waals surface area contributed by atoms with Gasteiger partial charge in [-0.3, -0.25) is 33.4 Å². The SMILES string of the molecule is C.COc1cc2ccc3cc2cc1CCCC(C)(C)COC(=O)N[C@@H](C(C)(C)C)C(=O)N1C[C@@]3(OC)C[C@H]1C(=O)N[C@]1(C(=O)NS(=O)(=O)C2CC2)C[C@H]1C1CC1.COc1cc2ccc3cc2cc1CCCC(C)(C)COC(=O)N[C@@H](C(C)(C)C)C(=O)N1C[C@@]3(OC)C[C@H]1C(=O)O.N[C@]1(C(=O)NS(=O)(=O)C2CC2)C[C@H]1C1CC1. The van der Waals surface area contributed by atoms with Crippen LogP contribution in [0, 0.1) is 45.3 Å². The first-order chi connectivity index (χ1) is 51.9. The van der Waals surface area contributed by atoms with Crippen molar-refractivity contribution >= 4 is 89.3 Å². The van der Waals surface area contributed by atoms with Crippen molar-refractivity contribution in [1.29, 1.82) is 0 Å². The average Bonchev–Trinajstić information content (AvgIpc) is 1.54. The van der Waals surface area contributed by atoms with Crippen LogP contribution >= 0.6 is 0 Å². The number of carboxylic acid groups (broad SMARTS) is 1. The summed E-state index contributed by atoms with van der Waals surface area (Å²) in [4.78, 5) is 111. The first kappa shape index (κ1) is 85.0. The van der Waals surface area contributed by atoms with E-state index in [-0.39, 0.29) is 80.4 Å². The number of hydrogen-bond donors (Lipinski definition) is 7. The first-order valence-corrected chi connectivity index (χ1v) is 42.3. The number of alkyl carbamates (subject to hydrolysis) is 2. The molecule has 4 aliphatic heterocycles. The van der Waals surface area contributed by atoms with Gasteiger partial charge in [0.25, 0.3) is 11.8 Å². The summed E-state index contributed by atoms with van der Waals surface area (Å²) >= 11 is 0. The fourth-order valence-corrected chi connectivity index (χ4v) is 19.6. The minimum Gasteiger partial charge on any atom is -0.496 e. The van der Waals surface area contributed by atoms with Crippen LogP contribution in [-0.4, -0.2) is 180 Å². The van der Waals surface area contributed by atoms with Crippen LogP contribution in [-0.2, 0) is 91.8 Å². The molecule has 2 saturated heterocycles. The van der Waals surface area contributed by atoms with Crippen LogP contribution in [0.4, 0.5) is 9.59 Å². The van der Waals surface area contributed by atoms with Gasteiger partial charge >= 0.3 is 18.2 Å². The van der Waals surface area contributed by atoms with Crippen molar-refractivity contribution in [2.45, 2.75) is 249 Å². The number of methoxy groups -OCH3 is 4. The van der Waals surface area contributed by atoms with Gasteiger partial charge in [0, 0.05) is 27.1 Å². The highest BCUT2D eigenvalue weighted by Gasteiger charge is 2.68. The summed E-state index contributed by atoms with van der Waals surface area (Å²) in [6.07, 6.45) is 10.8. The van der Waals surface area contributed by atoms with Crippen molar-refractivity contribution in [2.75, 3.05) is 54.7 Å². The second-order valence-corrected chi connectivity index (χ2v) is 40.7. The van der Waals surface area contributed by atoms with Crippen LogP contribution in [0.5, 0.6) is 11.5 Å². The molecule has 10 atom stereocenters. The highest BCUT2D eigenvalue weighted by atomic mass is 32.2. The fraction of sp³-hybridized carbons (Fsp3) is 0.663. The van der Waals surface area contributed by atoms with Crippen LogP contribution in [0.2, 0.25) is 0 Å². The zero-order valence-corrected chi connectivity index (χ0v) is 68.3. The molecule has 6 aliphatic carbocycles.